The van der Waals surface area contributed by atoms with Crippen molar-refractivity contribution in [3.8, 4) is 5.75 Å². The van der Waals surface area contributed by atoms with E-state index in [9.17, 15) is 14.9 Å². The number of nitrogens with zero attached hydrogens (tertiary/aromatic N) is 2. The lowest BCUT2D eigenvalue weighted by molar-refractivity contribution is -0.384. The monoisotopic (exact) mass is 624 g/mol. The van der Waals surface area contributed by atoms with Gasteiger partial charge in [0, 0.05) is 12.1 Å². The number of benzene rings is 2. The van der Waals surface area contributed by atoms with Crippen LogP contribution in [-0.2, 0) is 9.53 Å². The minimum atomic E-state index is -0.656. The van der Waals surface area contributed by atoms with Gasteiger partial charge in [-0.1, -0.05) is 11.6 Å². The van der Waals surface area contributed by atoms with Gasteiger partial charge in [0.05, 0.1) is 29.3 Å². The summed E-state index contributed by atoms with van der Waals surface area (Å²) >= 11 is 10.4. The number of non-ortho nitro benzene ring substituents is 1. The molecule has 0 saturated heterocycles. The maximum Gasteiger partial charge on any atom is 0.363 e. The molecule has 0 aliphatic carbocycles. The van der Waals surface area contributed by atoms with Crippen LogP contribution in [0.5, 0.6) is 5.75 Å². The van der Waals surface area contributed by atoms with E-state index in [1.165, 1.54) is 18.2 Å². The lowest BCUT2D eigenvalue weighted by atomic mass is 10.2. The van der Waals surface area contributed by atoms with Crippen molar-refractivity contribution in [2.75, 3.05) is 6.61 Å². The molecule has 0 spiro atoms. The summed E-state index contributed by atoms with van der Waals surface area (Å²) in [7, 11) is 0. The van der Waals surface area contributed by atoms with Crippen molar-refractivity contribution in [1.82, 2.24) is 0 Å². The molecule has 1 aliphatic rings. The number of hydrogen-bond acceptors (Lipinski definition) is 6. The van der Waals surface area contributed by atoms with Crippen molar-refractivity contribution < 1.29 is 19.2 Å². The molecule has 2 aromatic rings. The summed E-state index contributed by atoms with van der Waals surface area (Å²) in [6.45, 7) is 2.46. The van der Waals surface area contributed by atoms with E-state index in [-0.39, 0.29) is 27.9 Å². The van der Waals surface area contributed by atoms with Crippen molar-refractivity contribution in [3.05, 3.63) is 69.4 Å². The molecule has 1 heterocycles. The smallest absolute Gasteiger partial charge is 0.363 e. The van der Waals surface area contributed by atoms with Crippen molar-refractivity contribution in [1.29, 1.82) is 0 Å². The van der Waals surface area contributed by atoms with Gasteiger partial charge < -0.3 is 9.47 Å². The van der Waals surface area contributed by atoms with Gasteiger partial charge in [0.25, 0.3) is 5.69 Å². The lowest BCUT2D eigenvalue weighted by Crippen LogP contribution is -2.06. The van der Waals surface area contributed by atoms with Crippen LogP contribution in [0.3, 0.4) is 0 Å². The Hall–Kier alpha value is -1.73. The number of hydrogen-bond donors (Lipinski definition) is 0. The van der Waals surface area contributed by atoms with Gasteiger partial charge in [0.2, 0.25) is 5.90 Å². The molecule has 0 saturated carbocycles. The number of carbonyl (C=O) groups is 1. The van der Waals surface area contributed by atoms with Gasteiger partial charge in [-0.15, -0.1) is 0 Å². The van der Waals surface area contributed by atoms with Gasteiger partial charge >= 0.3 is 5.97 Å². The molecule has 0 radical (unpaired) electrons. The Morgan fingerprint density at radius 2 is 1.96 bits per heavy atom. The maximum atomic E-state index is 12.2. The highest BCUT2D eigenvalue weighted by Gasteiger charge is 2.27. The number of nitro benzene ring substituents is 1. The predicted octanol–water partition coefficient (Wildman–Crippen LogP) is 5.20. The van der Waals surface area contributed by atoms with Gasteiger partial charge in [0.1, 0.15) is 5.75 Å². The zero-order valence-corrected chi connectivity index (χ0v) is 19.3. The first kappa shape index (κ1) is 21.0. The molecule has 28 heavy (non-hydrogen) atoms. The Labute approximate surface area is 192 Å². The average Bonchev–Trinajstić information content (AvgIpc) is 2.98. The van der Waals surface area contributed by atoms with Gasteiger partial charge in [-0.3, -0.25) is 10.1 Å². The third-order valence-electron chi connectivity index (χ3n) is 3.62. The van der Waals surface area contributed by atoms with E-state index in [0.717, 1.165) is 18.5 Å². The molecule has 0 unspecified atom stereocenters. The van der Waals surface area contributed by atoms with Crippen LogP contribution in [-0.4, -0.2) is 23.4 Å². The third kappa shape index (κ3) is 4.46. The summed E-state index contributed by atoms with van der Waals surface area (Å²) in [5, 5.41) is 11.2. The number of cyclic esters (lactones) is 1. The molecule has 7 nitrogen and oxygen atoms in total. The van der Waals surface area contributed by atoms with E-state index in [2.05, 4.69) is 50.2 Å². The number of ether oxygens (including phenoxy) is 2. The minimum absolute atomic E-state index is 0.0692. The Bertz CT molecular complexity index is 1030. The summed E-state index contributed by atoms with van der Waals surface area (Å²) < 4.78 is 12.6. The van der Waals surface area contributed by atoms with Gasteiger partial charge in [-0.25, -0.2) is 9.79 Å². The molecular formula is C18H11ClI2N2O5. The second-order valence-corrected chi connectivity index (χ2v) is 8.24. The Morgan fingerprint density at radius 3 is 2.57 bits per heavy atom. The quantitative estimate of drug-likeness (QED) is 0.150. The molecule has 0 fully saturated rings. The van der Waals surface area contributed by atoms with Gasteiger partial charge in [-0.05, 0) is 81.9 Å². The van der Waals surface area contributed by atoms with E-state index in [1.807, 2.05) is 19.1 Å². The average molecular weight is 625 g/mol. The number of aliphatic imine (C=N–C) groups is 1. The molecule has 1 aliphatic heterocycles. The van der Waals surface area contributed by atoms with Crippen LogP contribution in [0, 0.1) is 17.3 Å². The summed E-state index contributed by atoms with van der Waals surface area (Å²) in [5.74, 6) is 0.0594. The zero-order valence-electron chi connectivity index (χ0n) is 14.2. The number of rotatable bonds is 5. The predicted molar refractivity (Wildman–Crippen MR) is 122 cm³/mol. The second-order valence-electron chi connectivity index (χ2n) is 5.50. The van der Waals surface area contributed by atoms with Crippen LogP contribution in [0.15, 0.2) is 41.0 Å². The van der Waals surface area contributed by atoms with Crippen molar-refractivity contribution in [2.24, 2.45) is 4.99 Å². The van der Waals surface area contributed by atoms with Crippen molar-refractivity contribution in [2.45, 2.75) is 6.92 Å². The molecule has 0 bridgehead atoms. The van der Waals surface area contributed by atoms with Gasteiger partial charge in [0.15, 0.2) is 5.70 Å². The molecular weight excluding hydrogens is 613 g/mol. The molecule has 144 valence electrons. The van der Waals surface area contributed by atoms with Gasteiger partial charge in [-0.2, -0.15) is 0 Å². The molecule has 0 amide bonds. The molecule has 0 atom stereocenters. The van der Waals surface area contributed by atoms with E-state index >= 15 is 0 Å². The van der Waals surface area contributed by atoms with E-state index in [1.54, 1.807) is 6.08 Å². The van der Waals surface area contributed by atoms with E-state index < -0.39 is 10.9 Å². The first-order valence-corrected chi connectivity index (χ1v) is 10.4. The maximum absolute atomic E-state index is 12.2. The summed E-state index contributed by atoms with van der Waals surface area (Å²) in [6.07, 6.45) is 1.58. The fourth-order valence-electron chi connectivity index (χ4n) is 2.42. The highest BCUT2D eigenvalue weighted by atomic mass is 127. The molecule has 0 aromatic heterocycles. The Balaban J connectivity index is 1.99. The van der Waals surface area contributed by atoms with Crippen LogP contribution in [0.4, 0.5) is 5.69 Å². The zero-order chi connectivity index (χ0) is 20.4. The standard InChI is InChI=1S/C18H11ClI2N2O5/c1-2-27-16-13(20)5-9(6-14(16)21)7-15-18(24)28-17(22-15)11-8-10(23(25)26)3-4-12(11)19/h3-8H,2H2,1H3/b15-7-. The fourth-order valence-corrected chi connectivity index (χ4v) is 4.74. The van der Waals surface area contributed by atoms with Crippen molar-refractivity contribution in [3.63, 3.8) is 0 Å². The minimum Gasteiger partial charge on any atom is -0.492 e. The largest absolute Gasteiger partial charge is 0.492 e. The summed E-state index contributed by atoms with van der Waals surface area (Å²) in [5.41, 5.74) is 0.836. The normalized spacial score (nSPS) is 14.8. The molecule has 10 heteroatoms. The number of carbonyl (C=O) groups excluding carboxylic acids is 1. The number of nitro groups is 1. The molecule has 2 aromatic carbocycles. The van der Waals surface area contributed by atoms with Crippen LogP contribution in [0.25, 0.3) is 6.08 Å². The van der Waals surface area contributed by atoms with Crippen molar-refractivity contribution >= 4 is 80.4 Å². The van der Waals surface area contributed by atoms with Crippen LogP contribution < -0.4 is 4.74 Å². The SMILES string of the molecule is CCOc1c(I)cc(/C=C2\N=C(c3cc([N+](=O)[O-])ccc3Cl)OC2=O)cc1I. The van der Waals surface area contributed by atoms with E-state index in [0.29, 0.717) is 6.61 Å². The van der Waals surface area contributed by atoms with Crippen LogP contribution >= 0.6 is 56.8 Å². The first-order chi connectivity index (χ1) is 13.3. The summed E-state index contributed by atoms with van der Waals surface area (Å²) in [4.78, 5) is 26.8. The van der Waals surface area contributed by atoms with Crippen LogP contribution in [0.2, 0.25) is 5.02 Å². The topological polar surface area (TPSA) is 91.0 Å². The molecule has 3 rings (SSSR count). The summed E-state index contributed by atoms with van der Waals surface area (Å²) in [6, 6.07) is 7.58. The Morgan fingerprint density at radius 1 is 1.29 bits per heavy atom. The first-order valence-electron chi connectivity index (χ1n) is 7.89. The highest BCUT2D eigenvalue weighted by molar-refractivity contribution is 14.1. The fraction of sp³-hybridized carbons (Fsp3) is 0.111. The van der Waals surface area contributed by atoms with E-state index in [4.69, 9.17) is 21.1 Å². The number of halogens is 3. The Kier molecular flexibility index (Phi) is 6.55. The second kappa shape index (κ2) is 8.74. The highest BCUT2D eigenvalue weighted by Crippen LogP contribution is 2.31. The lowest BCUT2D eigenvalue weighted by Gasteiger charge is -2.09. The molecule has 0 N–H and O–H groups in total. The third-order valence-corrected chi connectivity index (χ3v) is 5.56. The van der Waals surface area contributed by atoms with Crippen LogP contribution in [0.1, 0.15) is 18.1 Å². The number of esters is 1.